The topological polar surface area (TPSA) is 75.7 Å². The van der Waals surface area contributed by atoms with Crippen LogP contribution in [-0.2, 0) is 25.1 Å². The number of ether oxygens (including phenoxy) is 1. The Hall–Kier alpha value is -1.74. The summed E-state index contributed by atoms with van der Waals surface area (Å²) in [6.07, 6.45) is 0. The van der Waals surface area contributed by atoms with Crippen LogP contribution in [0.25, 0.3) is 0 Å². The minimum Gasteiger partial charge on any atom is -0.379 e. The first kappa shape index (κ1) is 22.9. The number of benzene rings is 2. The first-order chi connectivity index (χ1) is 14.3. The van der Waals surface area contributed by atoms with Gasteiger partial charge in [0.1, 0.15) is 5.75 Å². The normalized spacial score (nSPS) is 16.2. The SMILES string of the molecule is Cc1ccc(C(CNC(=O)CS(=O)(=O)Cc2cccc(Br)c2)N2CCOCC2)cc1. The highest BCUT2D eigenvalue weighted by Crippen LogP contribution is 2.22. The molecular weight excluding hydrogens is 468 g/mol. The number of hydrogen-bond acceptors (Lipinski definition) is 5. The Morgan fingerprint density at radius 1 is 1.17 bits per heavy atom. The van der Waals surface area contributed by atoms with Crippen LogP contribution >= 0.6 is 15.9 Å². The van der Waals surface area contributed by atoms with Crippen LogP contribution in [0.5, 0.6) is 0 Å². The summed E-state index contributed by atoms with van der Waals surface area (Å²) in [6, 6.07) is 15.3. The molecule has 1 aliphatic heterocycles. The molecule has 1 saturated heterocycles. The number of halogens is 1. The van der Waals surface area contributed by atoms with E-state index in [1.807, 2.05) is 25.1 Å². The number of nitrogens with one attached hydrogen (secondary N) is 1. The van der Waals surface area contributed by atoms with Crippen molar-refractivity contribution in [3.05, 3.63) is 69.7 Å². The molecule has 0 saturated carbocycles. The Kier molecular flexibility index (Phi) is 8.05. The maximum Gasteiger partial charge on any atom is 0.235 e. The monoisotopic (exact) mass is 494 g/mol. The molecule has 1 amide bonds. The third-order valence-corrected chi connectivity index (χ3v) is 7.04. The number of morpholine rings is 1. The second kappa shape index (κ2) is 10.5. The summed E-state index contributed by atoms with van der Waals surface area (Å²) in [7, 11) is -3.56. The van der Waals surface area contributed by atoms with Crippen molar-refractivity contribution < 1.29 is 17.9 Å². The molecule has 1 unspecified atom stereocenters. The zero-order chi connectivity index (χ0) is 21.6. The third kappa shape index (κ3) is 6.91. The molecule has 0 aromatic heterocycles. The van der Waals surface area contributed by atoms with Gasteiger partial charge in [-0.3, -0.25) is 9.69 Å². The minimum atomic E-state index is -3.56. The highest BCUT2D eigenvalue weighted by Gasteiger charge is 2.24. The number of sulfone groups is 1. The lowest BCUT2D eigenvalue weighted by Gasteiger charge is -2.35. The standard InChI is InChI=1S/C22H27BrN2O4S/c1-17-5-7-19(8-6-17)21(25-9-11-29-12-10-25)14-24-22(26)16-30(27,28)15-18-3-2-4-20(23)13-18/h2-8,13,21H,9-12,14-16H2,1H3,(H,24,26). The second-order valence-electron chi connectivity index (χ2n) is 7.54. The maximum atomic E-state index is 12.5. The molecule has 1 heterocycles. The van der Waals surface area contributed by atoms with Gasteiger partial charge in [-0.05, 0) is 30.2 Å². The predicted octanol–water partition coefficient (Wildman–Crippen LogP) is 2.86. The molecule has 2 aromatic carbocycles. The molecule has 1 N–H and O–H groups in total. The van der Waals surface area contributed by atoms with E-state index in [1.165, 1.54) is 5.56 Å². The van der Waals surface area contributed by atoms with Gasteiger partial charge in [0, 0.05) is 24.1 Å². The van der Waals surface area contributed by atoms with Crippen molar-refractivity contribution in [3.63, 3.8) is 0 Å². The molecule has 162 valence electrons. The van der Waals surface area contributed by atoms with Crippen molar-refractivity contribution in [2.24, 2.45) is 0 Å². The highest BCUT2D eigenvalue weighted by molar-refractivity contribution is 9.10. The van der Waals surface area contributed by atoms with Gasteiger partial charge in [0.15, 0.2) is 9.84 Å². The van der Waals surface area contributed by atoms with Gasteiger partial charge >= 0.3 is 0 Å². The molecule has 8 heteroatoms. The van der Waals surface area contributed by atoms with Crippen LogP contribution in [0, 0.1) is 6.92 Å². The Labute approximate surface area is 186 Å². The first-order valence-electron chi connectivity index (χ1n) is 9.92. The van der Waals surface area contributed by atoms with Crippen LogP contribution in [-0.4, -0.2) is 57.8 Å². The summed E-state index contributed by atoms with van der Waals surface area (Å²) >= 11 is 3.34. The van der Waals surface area contributed by atoms with Crippen LogP contribution in [0.4, 0.5) is 0 Å². The Balaban J connectivity index is 1.62. The number of carbonyl (C=O) groups excluding carboxylic acids is 1. The molecule has 0 radical (unpaired) electrons. The molecule has 2 aromatic rings. The Morgan fingerprint density at radius 2 is 1.87 bits per heavy atom. The lowest BCUT2D eigenvalue weighted by molar-refractivity contribution is -0.119. The van der Waals surface area contributed by atoms with E-state index in [1.54, 1.807) is 18.2 Å². The molecule has 1 aliphatic rings. The molecule has 0 spiro atoms. The summed E-state index contributed by atoms with van der Waals surface area (Å²) in [5.41, 5.74) is 2.92. The number of aryl methyl sites for hydroxylation is 1. The van der Waals surface area contributed by atoms with Gasteiger partial charge in [-0.1, -0.05) is 57.9 Å². The van der Waals surface area contributed by atoms with Gasteiger partial charge in [-0.15, -0.1) is 0 Å². The number of amides is 1. The summed E-state index contributed by atoms with van der Waals surface area (Å²) in [4.78, 5) is 14.7. The smallest absolute Gasteiger partial charge is 0.235 e. The van der Waals surface area contributed by atoms with E-state index in [4.69, 9.17) is 4.74 Å². The Morgan fingerprint density at radius 3 is 2.53 bits per heavy atom. The highest BCUT2D eigenvalue weighted by atomic mass is 79.9. The van der Waals surface area contributed by atoms with E-state index in [0.717, 1.165) is 23.1 Å². The van der Waals surface area contributed by atoms with E-state index in [0.29, 0.717) is 25.3 Å². The summed E-state index contributed by atoms with van der Waals surface area (Å²) < 4.78 is 31.2. The summed E-state index contributed by atoms with van der Waals surface area (Å²) in [5.74, 6) is -1.16. The van der Waals surface area contributed by atoms with Gasteiger partial charge in [0.05, 0.1) is 25.0 Å². The van der Waals surface area contributed by atoms with Crippen molar-refractivity contribution >= 4 is 31.7 Å². The zero-order valence-corrected chi connectivity index (χ0v) is 19.4. The van der Waals surface area contributed by atoms with Gasteiger partial charge < -0.3 is 10.1 Å². The molecule has 3 rings (SSSR count). The van der Waals surface area contributed by atoms with Crippen molar-refractivity contribution in [2.45, 2.75) is 18.7 Å². The lowest BCUT2D eigenvalue weighted by atomic mass is 10.0. The van der Waals surface area contributed by atoms with Crippen LogP contribution < -0.4 is 5.32 Å². The second-order valence-corrected chi connectivity index (χ2v) is 10.5. The summed E-state index contributed by atoms with van der Waals surface area (Å²) in [5, 5.41) is 2.84. The fourth-order valence-corrected chi connectivity index (χ4v) is 5.27. The van der Waals surface area contributed by atoms with Gasteiger partial charge in [0.25, 0.3) is 0 Å². The molecule has 0 bridgehead atoms. The zero-order valence-electron chi connectivity index (χ0n) is 17.0. The molecule has 1 fully saturated rings. The quantitative estimate of drug-likeness (QED) is 0.610. The van der Waals surface area contributed by atoms with Crippen molar-refractivity contribution in [1.29, 1.82) is 0 Å². The minimum absolute atomic E-state index is 0.0220. The molecule has 0 aliphatic carbocycles. The van der Waals surface area contributed by atoms with Crippen LogP contribution in [0.15, 0.2) is 53.0 Å². The molecular formula is C22H27BrN2O4S. The van der Waals surface area contributed by atoms with E-state index in [9.17, 15) is 13.2 Å². The van der Waals surface area contributed by atoms with E-state index in [-0.39, 0.29) is 11.8 Å². The Bertz CT molecular complexity index is 957. The van der Waals surface area contributed by atoms with Gasteiger partial charge in [0.2, 0.25) is 5.91 Å². The number of carbonyl (C=O) groups is 1. The van der Waals surface area contributed by atoms with Crippen molar-refractivity contribution in [1.82, 2.24) is 10.2 Å². The van der Waals surface area contributed by atoms with Crippen LogP contribution in [0.3, 0.4) is 0 Å². The number of hydrogen-bond donors (Lipinski definition) is 1. The average molecular weight is 495 g/mol. The predicted molar refractivity (Wildman–Crippen MR) is 121 cm³/mol. The van der Waals surface area contributed by atoms with E-state index < -0.39 is 21.5 Å². The third-order valence-electron chi connectivity index (χ3n) is 5.07. The molecule has 30 heavy (non-hydrogen) atoms. The van der Waals surface area contributed by atoms with Crippen LogP contribution in [0.1, 0.15) is 22.7 Å². The van der Waals surface area contributed by atoms with E-state index >= 15 is 0 Å². The van der Waals surface area contributed by atoms with Crippen molar-refractivity contribution in [2.75, 3.05) is 38.6 Å². The fourth-order valence-electron chi connectivity index (χ4n) is 3.53. The largest absolute Gasteiger partial charge is 0.379 e. The maximum absolute atomic E-state index is 12.5. The summed E-state index contributed by atoms with van der Waals surface area (Å²) in [6.45, 7) is 5.24. The van der Waals surface area contributed by atoms with E-state index in [2.05, 4.69) is 38.3 Å². The van der Waals surface area contributed by atoms with Gasteiger partial charge in [-0.2, -0.15) is 0 Å². The van der Waals surface area contributed by atoms with Gasteiger partial charge in [-0.25, -0.2) is 8.42 Å². The van der Waals surface area contributed by atoms with Crippen molar-refractivity contribution in [3.8, 4) is 0 Å². The number of nitrogens with zero attached hydrogens (tertiary/aromatic N) is 1. The molecule has 1 atom stereocenters. The first-order valence-corrected chi connectivity index (χ1v) is 12.5. The average Bonchev–Trinajstić information content (AvgIpc) is 2.69. The fraction of sp³-hybridized carbons (Fsp3) is 0.409. The number of rotatable bonds is 8. The molecule has 6 nitrogen and oxygen atoms in total. The van der Waals surface area contributed by atoms with Crippen LogP contribution in [0.2, 0.25) is 0 Å². The lowest BCUT2D eigenvalue weighted by Crippen LogP contribution is -2.44.